The minimum absolute atomic E-state index is 0.150. The summed E-state index contributed by atoms with van der Waals surface area (Å²) in [6, 6.07) is 12.5. The highest BCUT2D eigenvalue weighted by Crippen LogP contribution is 2.25. The Bertz CT molecular complexity index is 812. The molecule has 0 aliphatic carbocycles. The van der Waals surface area contributed by atoms with Crippen molar-refractivity contribution in [1.82, 2.24) is 5.32 Å². The van der Waals surface area contributed by atoms with E-state index in [4.69, 9.17) is 14.2 Å². The van der Waals surface area contributed by atoms with Gasteiger partial charge in [0.1, 0.15) is 11.9 Å². The smallest absolute Gasteiger partial charge is 0.414 e. The second-order valence-corrected chi connectivity index (χ2v) is 5.84. The lowest BCUT2D eigenvalue weighted by molar-refractivity contribution is -0.123. The molecule has 1 unspecified atom stereocenters. The van der Waals surface area contributed by atoms with Crippen molar-refractivity contribution in [1.29, 1.82) is 0 Å². The zero-order valence-corrected chi connectivity index (χ0v) is 14.7. The molecule has 2 aromatic rings. The number of hydrogen-bond donors (Lipinski definition) is 1. The highest BCUT2D eigenvalue weighted by molar-refractivity contribution is 5.89. The SMILES string of the molecule is COc1ccccc1OCC(=O)NCC1CN(c2ccc(F)cc2)C(=O)O1. The van der Waals surface area contributed by atoms with Crippen LogP contribution in [0.5, 0.6) is 11.5 Å². The summed E-state index contributed by atoms with van der Waals surface area (Å²) in [5, 5.41) is 2.67. The zero-order valence-electron chi connectivity index (χ0n) is 14.7. The minimum Gasteiger partial charge on any atom is -0.493 e. The Morgan fingerprint density at radius 1 is 1.22 bits per heavy atom. The first-order chi connectivity index (χ1) is 13.1. The van der Waals surface area contributed by atoms with Gasteiger partial charge in [-0.3, -0.25) is 9.69 Å². The number of para-hydroxylation sites is 2. The van der Waals surface area contributed by atoms with Gasteiger partial charge in [-0.05, 0) is 36.4 Å². The Morgan fingerprint density at radius 2 is 1.93 bits per heavy atom. The molecule has 142 valence electrons. The number of amides is 2. The summed E-state index contributed by atoms with van der Waals surface area (Å²) in [5.74, 6) is 0.261. The Labute approximate surface area is 155 Å². The molecule has 2 amide bonds. The summed E-state index contributed by atoms with van der Waals surface area (Å²) in [7, 11) is 1.52. The summed E-state index contributed by atoms with van der Waals surface area (Å²) in [6.07, 6.45) is -1.04. The molecule has 0 spiro atoms. The van der Waals surface area contributed by atoms with E-state index in [0.717, 1.165) is 0 Å². The molecule has 8 heteroatoms. The lowest BCUT2D eigenvalue weighted by atomic mass is 10.2. The van der Waals surface area contributed by atoms with Crippen molar-refractivity contribution in [3.63, 3.8) is 0 Å². The normalized spacial score (nSPS) is 16.0. The van der Waals surface area contributed by atoms with Gasteiger partial charge in [0, 0.05) is 5.69 Å². The third kappa shape index (κ3) is 4.66. The van der Waals surface area contributed by atoms with Crippen LogP contribution >= 0.6 is 0 Å². The lowest BCUT2D eigenvalue weighted by Gasteiger charge is -2.13. The van der Waals surface area contributed by atoms with E-state index in [-0.39, 0.29) is 31.4 Å². The number of ether oxygens (including phenoxy) is 3. The standard InChI is InChI=1S/C19H19FN2O5/c1-25-16-4-2-3-5-17(16)26-12-18(23)21-10-15-11-22(19(24)27-15)14-8-6-13(20)7-9-14/h2-9,15H,10-12H2,1H3,(H,21,23). The van der Waals surface area contributed by atoms with E-state index >= 15 is 0 Å². The summed E-state index contributed by atoms with van der Waals surface area (Å²) < 4.78 is 28.8. The van der Waals surface area contributed by atoms with Crippen LogP contribution in [-0.4, -0.2) is 44.9 Å². The number of anilines is 1. The number of benzene rings is 2. The maximum Gasteiger partial charge on any atom is 0.414 e. The van der Waals surface area contributed by atoms with E-state index in [1.807, 2.05) is 0 Å². The molecular formula is C19H19FN2O5. The number of nitrogens with one attached hydrogen (secondary N) is 1. The molecule has 0 radical (unpaired) electrons. The quantitative estimate of drug-likeness (QED) is 0.805. The van der Waals surface area contributed by atoms with Gasteiger partial charge in [-0.2, -0.15) is 0 Å². The van der Waals surface area contributed by atoms with E-state index in [0.29, 0.717) is 17.2 Å². The first-order valence-corrected chi connectivity index (χ1v) is 8.33. The topological polar surface area (TPSA) is 77.1 Å². The highest BCUT2D eigenvalue weighted by Gasteiger charge is 2.32. The van der Waals surface area contributed by atoms with Crippen LogP contribution in [0.25, 0.3) is 0 Å². The second-order valence-electron chi connectivity index (χ2n) is 5.84. The van der Waals surface area contributed by atoms with Crippen molar-refractivity contribution < 1.29 is 28.2 Å². The summed E-state index contributed by atoms with van der Waals surface area (Å²) >= 11 is 0. The monoisotopic (exact) mass is 374 g/mol. The fraction of sp³-hybridized carbons (Fsp3) is 0.263. The van der Waals surface area contributed by atoms with Crippen molar-refractivity contribution in [3.05, 3.63) is 54.3 Å². The molecule has 2 aromatic carbocycles. The number of rotatable bonds is 7. The van der Waals surface area contributed by atoms with Crippen LogP contribution < -0.4 is 19.7 Å². The van der Waals surface area contributed by atoms with E-state index in [2.05, 4.69) is 5.32 Å². The molecule has 1 N–H and O–H groups in total. The average molecular weight is 374 g/mol. The van der Waals surface area contributed by atoms with Crippen LogP contribution in [-0.2, 0) is 9.53 Å². The molecule has 7 nitrogen and oxygen atoms in total. The van der Waals surface area contributed by atoms with E-state index in [1.165, 1.54) is 36.3 Å². The van der Waals surface area contributed by atoms with Gasteiger partial charge in [-0.25, -0.2) is 9.18 Å². The molecule has 1 heterocycles. The molecule has 0 aromatic heterocycles. The summed E-state index contributed by atoms with van der Waals surface area (Å²) in [6.45, 7) is 0.221. The number of carbonyl (C=O) groups is 2. The fourth-order valence-electron chi connectivity index (χ4n) is 2.62. The van der Waals surface area contributed by atoms with Crippen LogP contribution in [0.15, 0.2) is 48.5 Å². The van der Waals surface area contributed by atoms with Crippen LogP contribution in [0.4, 0.5) is 14.9 Å². The predicted octanol–water partition coefficient (Wildman–Crippen LogP) is 2.35. The molecule has 1 aliphatic heterocycles. The molecule has 3 rings (SSSR count). The van der Waals surface area contributed by atoms with E-state index in [1.54, 1.807) is 24.3 Å². The molecule has 0 bridgehead atoms. The predicted molar refractivity (Wildman–Crippen MR) is 95.5 cm³/mol. The molecule has 1 atom stereocenters. The van der Waals surface area contributed by atoms with Crippen molar-refractivity contribution in [2.75, 3.05) is 31.7 Å². The van der Waals surface area contributed by atoms with E-state index < -0.39 is 12.2 Å². The van der Waals surface area contributed by atoms with Crippen molar-refractivity contribution in [2.45, 2.75) is 6.10 Å². The largest absolute Gasteiger partial charge is 0.493 e. The van der Waals surface area contributed by atoms with Crippen LogP contribution in [0.3, 0.4) is 0 Å². The first-order valence-electron chi connectivity index (χ1n) is 8.33. The number of nitrogens with zero attached hydrogens (tertiary/aromatic N) is 1. The molecule has 1 saturated heterocycles. The maximum absolute atomic E-state index is 13.0. The van der Waals surface area contributed by atoms with Crippen molar-refractivity contribution >= 4 is 17.7 Å². The van der Waals surface area contributed by atoms with Gasteiger partial charge in [-0.1, -0.05) is 12.1 Å². The van der Waals surface area contributed by atoms with Gasteiger partial charge in [0.05, 0.1) is 20.2 Å². The Hall–Kier alpha value is -3.29. The molecular weight excluding hydrogens is 355 g/mol. The van der Waals surface area contributed by atoms with Crippen LogP contribution in [0.1, 0.15) is 0 Å². The molecule has 27 heavy (non-hydrogen) atoms. The van der Waals surface area contributed by atoms with Crippen molar-refractivity contribution in [3.8, 4) is 11.5 Å². The number of carbonyl (C=O) groups excluding carboxylic acids is 2. The molecule has 1 aliphatic rings. The Balaban J connectivity index is 1.46. The van der Waals surface area contributed by atoms with E-state index in [9.17, 15) is 14.0 Å². The van der Waals surface area contributed by atoms with Gasteiger partial charge in [0.25, 0.3) is 5.91 Å². The number of cyclic esters (lactones) is 1. The molecule has 0 saturated carbocycles. The third-order valence-corrected chi connectivity index (χ3v) is 3.97. The third-order valence-electron chi connectivity index (χ3n) is 3.97. The van der Waals surface area contributed by atoms with Crippen LogP contribution in [0.2, 0.25) is 0 Å². The van der Waals surface area contributed by atoms with Gasteiger partial charge < -0.3 is 19.5 Å². The molecule has 1 fully saturated rings. The van der Waals surface area contributed by atoms with Gasteiger partial charge >= 0.3 is 6.09 Å². The average Bonchev–Trinajstić information content (AvgIpc) is 3.06. The van der Waals surface area contributed by atoms with Gasteiger partial charge in [0.15, 0.2) is 18.1 Å². The summed E-state index contributed by atoms with van der Waals surface area (Å²) in [4.78, 5) is 25.3. The van der Waals surface area contributed by atoms with Gasteiger partial charge in [-0.15, -0.1) is 0 Å². The van der Waals surface area contributed by atoms with Crippen LogP contribution in [0, 0.1) is 5.82 Å². The Kier molecular flexibility index (Phi) is 5.75. The maximum atomic E-state index is 13.0. The zero-order chi connectivity index (χ0) is 19.2. The Morgan fingerprint density at radius 3 is 2.63 bits per heavy atom. The number of methoxy groups -OCH3 is 1. The van der Waals surface area contributed by atoms with Crippen molar-refractivity contribution in [2.24, 2.45) is 0 Å². The first kappa shape index (κ1) is 18.5. The number of halogens is 1. The number of hydrogen-bond acceptors (Lipinski definition) is 5. The fourth-order valence-corrected chi connectivity index (χ4v) is 2.62. The van der Waals surface area contributed by atoms with Gasteiger partial charge in [0.2, 0.25) is 0 Å². The summed E-state index contributed by atoms with van der Waals surface area (Å²) in [5.41, 5.74) is 0.537. The minimum atomic E-state index is -0.536. The second kappa shape index (κ2) is 8.39. The lowest BCUT2D eigenvalue weighted by Crippen LogP contribution is -2.37. The highest BCUT2D eigenvalue weighted by atomic mass is 19.1.